The third kappa shape index (κ3) is 1.78. The van der Waals surface area contributed by atoms with E-state index in [0.717, 1.165) is 17.0 Å². The molecule has 2 saturated heterocycles. The van der Waals surface area contributed by atoms with Gasteiger partial charge < -0.3 is 4.57 Å². The Balaban J connectivity index is 1.87. The molecule has 0 N–H and O–H groups in total. The van der Waals surface area contributed by atoms with E-state index in [0.29, 0.717) is 12.1 Å². The van der Waals surface area contributed by atoms with Gasteiger partial charge in [-0.3, -0.25) is 4.90 Å². The maximum Gasteiger partial charge on any atom is 0.160 e. The maximum absolute atomic E-state index is 6.38. The molecule has 0 aliphatic carbocycles. The topological polar surface area (TPSA) is 34.0 Å². The first-order valence-corrected chi connectivity index (χ1v) is 7.90. The van der Waals surface area contributed by atoms with Crippen LogP contribution in [0.3, 0.4) is 0 Å². The smallest absolute Gasteiger partial charge is 0.160 e. The summed E-state index contributed by atoms with van der Waals surface area (Å²) in [6.07, 6.45) is 5.63. The lowest BCUT2D eigenvalue weighted by atomic mass is 10.1. The van der Waals surface area contributed by atoms with E-state index in [1.165, 1.54) is 32.4 Å². The number of halogens is 1. The van der Waals surface area contributed by atoms with Gasteiger partial charge in [-0.25, -0.2) is 9.97 Å². The van der Waals surface area contributed by atoms with E-state index in [1.807, 2.05) is 25.3 Å². The third-order valence-electron chi connectivity index (χ3n) is 4.73. The SMILES string of the molecule is CC(Cl)c1nc2cccnc2n1C1CCN2CCCC12. The highest BCUT2D eigenvalue weighted by molar-refractivity contribution is 6.20. The van der Waals surface area contributed by atoms with Crippen LogP contribution in [0.2, 0.25) is 0 Å². The van der Waals surface area contributed by atoms with Gasteiger partial charge in [0.05, 0.1) is 11.4 Å². The molecule has 0 saturated carbocycles. The first-order valence-electron chi connectivity index (χ1n) is 7.46. The molecule has 2 aliphatic rings. The zero-order chi connectivity index (χ0) is 13.7. The van der Waals surface area contributed by atoms with Gasteiger partial charge >= 0.3 is 0 Å². The summed E-state index contributed by atoms with van der Waals surface area (Å²) >= 11 is 6.38. The Morgan fingerprint density at radius 1 is 1.30 bits per heavy atom. The summed E-state index contributed by atoms with van der Waals surface area (Å²) in [6, 6.07) is 5.10. The van der Waals surface area contributed by atoms with E-state index in [2.05, 4.69) is 14.5 Å². The number of hydrogen-bond donors (Lipinski definition) is 0. The third-order valence-corrected chi connectivity index (χ3v) is 4.93. The summed E-state index contributed by atoms with van der Waals surface area (Å²) in [5.41, 5.74) is 1.96. The molecule has 0 bridgehead atoms. The van der Waals surface area contributed by atoms with Crippen LogP contribution in [0.15, 0.2) is 18.3 Å². The van der Waals surface area contributed by atoms with E-state index in [1.54, 1.807) is 0 Å². The summed E-state index contributed by atoms with van der Waals surface area (Å²) < 4.78 is 2.32. The lowest BCUT2D eigenvalue weighted by Crippen LogP contribution is -2.28. The van der Waals surface area contributed by atoms with Crippen molar-refractivity contribution in [1.29, 1.82) is 0 Å². The summed E-state index contributed by atoms with van der Waals surface area (Å²) in [5.74, 6) is 0.971. The van der Waals surface area contributed by atoms with Gasteiger partial charge in [0.1, 0.15) is 11.3 Å². The fourth-order valence-electron chi connectivity index (χ4n) is 3.91. The van der Waals surface area contributed by atoms with Crippen LogP contribution in [0.25, 0.3) is 11.2 Å². The van der Waals surface area contributed by atoms with E-state index < -0.39 is 0 Å². The number of hydrogen-bond acceptors (Lipinski definition) is 3. The van der Waals surface area contributed by atoms with Crippen LogP contribution < -0.4 is 0 Å². The number of pyridine rings is 1. The molecule has 4 nitrogen and oxygen atoms in total. The van der Waals surface area contributed by atoms with Gasteiger partial charge in [-0.1, -0.05) is 0 Å². The standard InChI is InChI=1S/C15H19ClN4/c1-10(16)14-18-11-4-2-7-17-15(11)20(14)13-6-9-19-8-3-5-12(13)19/h2,4,7,10,12-13H,3,5-6,8-9H2,1H3. The molecule has 4 rings (SSSR count). The molecule has 2 fully saturated rings. The Morgan fingerprint density at radius 3 is 3.05 bits per heavy atom. The molecule has 0 radical (unpaired) electrons. The molecule has 2 aliphatic heterocycles. The predicted molar refractivity (Wildman–Crippen MR) is 80.0 cm³/mol. The monoisotopic (exact) mass is 290 g/mol. The molecular formula is C15H19ClN4. The fraction of sp³-hybridized carbons (Fsp3) is 0.600. The van der Waals surface area contributed by atoms with Gasteiger partial charge in [0.25, 0.3) is 0 Å². The molecule has 0 aromatic carbocycles. The molecule has 0 spiro atoms. The van der Waals surface area contributed by atoms with Gasteiger partial charge in [-0.2, -0.15) is 0 Å². The Hall–Kier alpha value is -1.13. The van der Waals surface area contributed by atoms with Crippen molar-refractivity contribution in [2.24, 2.45) is 0 Å². The maximum atomic E-state index is 6.38. The highest BCUT2D eigenvalue weighted by atomic mass is 35.5. The minimum absolute atomic E-state index is 0.0837. The van der Waals surface area contributed by atoms with E-state index in [9.17, 15) is 0 Å². The van der Waals surface area contributed by atoms with Crippen molar-refractivity contribution < 1.29 is 0 Å². The second kappa shape index (κ2) is 4.71. The molecule has 0 amide bonds. The van der Waals surface area contributed by atoms with E-state index in [4.69, 9.17) is 16.6 Å². The van der Waals surface area contributed by atoms with Crippen LogP contribution in [0, 0.1) is 0 Å². The van der Waals surface area contributed by atoms with Gasteiger partial charge in [0.15, 0.2) is 5.65 Å². The van der Waals surface area contributed by atoms with Crippen LogP contribution in [-0.4, -0.2) is 38.6 Å². The van der Waals surface area contributed by atoms with Crippen LogP contribution in [0.1, 0.15) is 43.4 Å². The zero-order valence-electron chi connectivity index (χ0n) is 11.7. The second-order valence-electron chi connectivity index (χ2n) is 5.90. The molecule has 2 aromatic rings. The molecule has 3 unspecified atom stereocenters. The first kappa shape index (κ1) is 12.6. The van der Waals surface area contributed by atoms with Crippen molar-refractivity contribution >= 4 is 22.8 Å². The quantitative estimate of drug-likeness (QED) is 0.797. The normalized spacial score (nSPS) is 28.1. The molecule has 2 aromatic heterocycles. The molecule has 4 heterocycles. The second-order valence-corrected chi connectivity index (χ2v) is 6.56. The highest BCUT2D eigenvalue weighted by Gasteiger charge is 2.40. The van der Waals surface area contributed by atoms with Crippen molar-refractivity contribution in [1.82, 2.24) is 19.4 Å². The lowest BCUT2D eigenvalue weighted by molar-refractivity contribution is 0.289. The number of alkyl halides is 1. The van der Waals surface area contributed by atoms with Gasteiger partial charge in [-0.15, -0.1) is 11.6 Å². The lowest BCUT2D eigenvalue weighted by Gasteiger charge is -2.24. The summed E-state index contributed by atoms with van der Waals surface area (Å²) in [4.78, 5) is 11.9. The molecule has 106 valence electrons. The van der Waals surface area contributed by atoms with Crippen LogP contribution in [0.4, 0.5) is 0 Å². The van der Waals surface area contributed by atoms with Crippen LogP contribution in [-0.2, 0) is 0 Å². The van der Waals surface area contributed by atoms with Crippen LogP contribution >= 0.6 is 11.6 Å². The number of aromatic nitrogens is 3. The molecular weight excluding hydrogens is 272 g/mol. The van der Waals surface area contributed by atoms with Crippen LogP contribution in [0.5, 0.6) is 0 Å². The summed E-state index contributed by atoms with van der Waals surface area (Å²) in [5, 5.41) is -0.0837. The van der Waals surface area contributed by atoms with Gasteiger partial charge in [-0.05, 0) is 44.9 Å². The fourth-order valence-corrected chi connectivity index (χ4v) is 4.07. The average Bonchev–Trinajstić information content (AvgIpc) is 3.10. The first-order chi connectivity index (χ1) is 9.75. The summed E-state index contributed by atoms with van der Waals surface area (Å²) in [6.45, 7) is 4.44. The van der Waals surface area contributed by atoms with E-state index in [-0.39, 0.29) is 5.38 Å². The Morgan fingerprint density at radius 2 is 2.20 bits per heavy atom. The zero-order valence-corrected chi connectivity index (χ0v) is 12.4. The Bertz CT molecular complexity index is 636. The van der Waals surface area contributed by atoms with Gasteiger partial charge in [0, 0.05) is 18.8 Å². The number of nitrogens with zero attached hydrogens (tertiary/aromatic N) is 4. The molecule has 20 heavy (non-hydrogen) atoms. The number of imidazole rings is 1. The minimum atomic E-state index is -0.0837. The van der Waals surface area contributed by atoms with E-state index >= 15 is 0 Å². The molecule has 3 atom stereocenters. The Labute approximate surface area is 123 Å². The molecule has 5 heteroatoms. The Kier molecular flexibility index (Phi) is 2.97. The van der Waals surface area contributed by atoms with Gasteiger partial charge in [0.2, 0.25) is 0 Å². The highest BCUT2D eigenvalue weighted by Crippen LogP contribution is 2.39. The number of fused-ring (bicyclic) bond motifs is 2. The van der Waals surface area contributed by atoms with Crippen molar-refractivity contribution in [2.75, 3.05) is 13.1 Å². The van der Waals surface area contributed by atoms with Crippen molar-refractivity contribution in [3.63, 3.8) is 0 Å². The van der Waals surface area contributed by atoms with Crippen molar-refractivity contribution in [3.05, 3.63) is 24.2 Å². The minimum Gasteiger partial charge on any atom is -0.307 e. The largest absolute Gasteiger partial charge is 0.307 e. The summed E-state index contributed by atoms with van der Waals surface area (Å²) in [7, 11) is 0. The van der Waals surface area contributed by atoms with Crippen molar-refractivity contribution in [2.45, 2.75) is 43.6 Å². The predicted octanol–water partition coefficient (Wildman–Crippen LogP) is 3.14. The number of rotatable bonds is 2. The average molecular weight is 291 g/mol. The van der Waals surface area contributed by atoms with Crippen molar-refractivity contribution in [3.8, 4) is 0 Å².